The molecule has 1 amide bonds. The van der Waals surface area contributed by atoms with E-state index in [1.165, 1.54) is 12.1 Å². The number of ether oxygens (including phenoxy) is 1. The van der Waals surface area contributed by atoms with E-state index in [-0.39, 0.29) is 18.1 Å². The second-order valence-electron chi connectivity index (χ2n) is 7.46. The number of amides is 1. The fraction of sp³-hybridized carbons (Fsp3) is 0.208. The van der Waals surface area contributed by atoms with Crippen molar-refractivity contribution in [2.75, 3.05) is 5.32 Å². The number of rotatable bonds is 7. The van der Waals surface area contributed by atoms with Crippen molar-refractivity contribution in [3.8, 4) is 5.75 Å². The molecule has 8 heteroatoms. The minimum Gasteiger partial charge on any atom is -0.489 e. The number of aromatic nitrogens is 3. The zero-order chi connectivity index (χ0) is 22.7. The zero-order valence-corrected chi connectivity index (χ0v) is 18.1. The standard InChI is InChI=1S/C24H23FN4O3/c1-15-22(16(2)29(27-15)13-18-8-7-9-19(25)12-18)26-24(30)23-21(17(3)32-28-23)14-31-20-10-5-4-6-11-20/h4-12H,13-14H2,1-3H3,(H,26,30). The summed E-state index contributed by atoms with van der Waals surface area (Å²) in [5, 5.41) is 11.3. The number of benzene rings is 2. The number of carbonyl (C=O) groups excluding carboxylic acids is 1. The predicted octanol–water partition coefficient (Wildman–Crippen LogP) is 4.82. The van der Waals surface area contributed by atoms with E-state index in [2.05, 4.69) is 15.6 Å². The van der Waals surface area contributed by atoms with Crippen molar-refractivity contribution in [3.05, 3.63) is 94.4 Å². The number of hydrogen-bond acceptors (Lipinski definition) is 5. The molecule has 0 radical (unpaired) electrons. The maximum atomic E-state index is 13.5. The maximum Gasteiger partial charge on any atom is 0.278 e. The summed E-state index contributed by atoms with van der Waals surface area (Å²) in [6.07, 6.45) is 0. The van der Waals surface area contributed by atoms with Gasteiger partial charge in [0.2, 0.25) is 0 Å². The number of aryl methyl sites for hydroxylation is 2. The van der Waals surface area contributed by atoms with Gasteiger partial charge in [0.25, 0.3) is 5.91 Å². The molecule has 4 rings (SSSR count). The van der Waals surface area contributed by atoms with Gasteiger partial charge in [-0.3, -0.25) is 9.48 Å². The minimum absolute atomic E-state index is 0.152. The van der Waals surface area contributed by atoms with Gasteiger partial charge in [-0.1, -0.05) is 35.5 Å². The lowest BCUT2D eigenvalue weighted by Gasteiger charge is -2.08. The van der Waals surface area contributed by atoms with E-state index in [4.69, 9.17) is 9.26 Å². The normalized spacial score (nSPS) is 10.9. The summed E-state index contributed by atoms with van der Waals surface area (Å²) in [6, 6.07) is 15.7. The van der Waals surface area contributed by atoms with Crippen LogP contribution in [0.15, 0.2) is 59.1 Å². The Kier molecular flexibility index (Phi) is 6.02. The third kappa shape index (κ3) is 4.54. The first-order valence-electron chi connectivity index (χ1n) is 10.1. The van der Waals surface area contributed by atoms with Gasteiger partial charge in [-0.2, -0.15) is 5.10 Å². The van der Waals surface area contributed by atoms with Gasteiger partial charge < -0.3 is 14.6 Å². The Morgan fingerprint density at radius 2 is 1.91 bits per heavy atom. The first-order chi connectivity index (χ1) is 15.4. The SMILES string of the molecule is Cc1nn(Cc2cccc(F)c2)c(C)c1NC(=O)c1noc(C)c1COc1ccccc1. The van der Waals surface area contributed by atoms with Crippen molar-refractivity contribution in [1.29, 1.82) is 0 Å². The number of hydrogen-bond donors (Lipinski definition) is 1. The average Bonchev–Trinajstić information content (AvgIpc) is 3.27. The molecule has 0 unspecified atom stereocenters. The number of para-hydroxylation sites is 1. The van der Waals surface area contributed by atoms with Crippen LogP contribution in [0.1, 0.15) is 38.8 Å². The predicted molar refractivity (Wildman–Crippen MR) is 117 cm³/mol. The molecule has 0 bridgehead atoms. The van der Waals surface area contributed by atoms with E-state index in [1.54, 1.807) is 24.6 Å². The Labute approximate surface area is 184 Å². The molecular weight excluding hydrogens is 411 g/mol. The lowest BCUT2D eigenvalue weighted by Crippen LogP contribution is -2.16. The van der Waals surface area contributed by atoms with Gasteiger partial charge in [-0.15, -0.1) is 0 Å². The van der Waals surface area contributed by atoms with Crippen LogP contribution in [0.25, 0.3) is 0 Å². The highest BCUT2D eigenvalue weighted by molar-refractivity contribution is 6.04. The van der Waals surface area contributed by atoms with Gasteiger partial charge in [0, 0.05) is 0 Å². The van der Waals surface area contributed by atoms with Crippen molar-refractivity contribution in [2.45, 2.75) is 33.9 Å². The maximum absolute atomic E-state index is 13.5. The lowest BCUT2D eigenvalue weighted by molar-refractivity contribution is 0.101. The smallest absolute Gasteiger partial charge is 0.278 e. The molecule has 0 aliphatic rings. The average molecular weight is 434 g/mol. The van der Waals surface area contributed by atoms with E-state index in [0.29, 0.717) is 35.0 Å². The molecule has 1 N–H and O–H groups in total. The molecular formula is C24H23FN4O3. The third-order valence-electron chi connectivity index (χ3n) is 5.17. The summed E-state index contributed by atoms with van der Waals surface area (Å²) in [6.45, 7) is 5.93. The Balaban J connectivity index is 1.51. The fourth-order valence-corrected chi connectivity index (χ4v) is 3.42. The quantitative estimate of drug-likeness (QED) is 0.451. The van der Waals surface area contributed by atoms with E-state index < -0.39 is 5.91 Å². The van der Waals surface area contributed by atoms with Crippen LogP contribution in [0, 0.1) is 26.6 Å². The largest absolute Gasteiger partial charge is 0.489 e. The zero-order valence-electron chi connectivity index (χ0n) is 18.1. The number of nitrogens with one attached hydrogen (secondary N) is 1. The van der Waals surface area contributed by atoms with Crippen molar-refractivity contribution >= 4 is 11.6 Å². The van der Waals surface area contributed by atoms with Gasteiger partial charge in [-0.05, 0) is 50.6 Å². The van der Waals surface area contributed by atoms with Crippen LogP contribution in [0.4, 0.5) is 10.1 Å². The summed E-state index contributed by atoms with van der Waals surface area (Å²) in [5.41, 5.74) is 3.50. The minimum atomic E-state index is -0.412. The van der Waals surface area contributed by atoms with Gasteiger partial charge >= 0.3 is 0 Å². The highest BCUT2D eigenvalue weighted by Gasteiger charge is 2.23. The molecule has 32 heavy (non-hydrogen) atoms. The molecule has 7 nitrogen and oxygen atoms in total. The second kappa shape index (κ2) is 9.05. The summed E-state index contributed by atoms with van der Waals surface area (Å²) in [5.74, 6) is 0.486. The van der Waals surface area contributed by atoms with Crippen molar-refractivity contribution in [2.24, 2.45) is 0 Å². The number of anilines is 1. The van der Waals surface area contributed by atoms with E-state index in [0.717, 1.165) is 11.3 Å². The fourth-order valence-electron chi connectivity index (χ4n) is 3.42. The Bertz CT molecular complexity index is 1250. The summed E-state index contributed by atoms with van der Waals surface area (Å²) < 4.78 is 26.3. The summed E-state index contributed by atoms with van der Waals surface area (Å²) >= 11 is 0. The Hall–Kier alpha value is -3.94. The van der Waals surface area contributed by atoms with Crippen LogP contribution in [0.5, 0.6) is 5.75 Å². The van der Waals surface area contributed by atoms with Crippen LogP contribution in [0.2, 0.25) is 0 Å². The Morgan fingerprint density at radius 3 is 2.66 bits per heavy atom. The highest BCUT2D eigenvalue weighted by Crippen LogP contribution is 2.23. The van der Waals surface area contributed by atoms with Crippen LogP contribution >= 0.6 is 0 Å². The second-order valence-corrected chi connectivity index (χ2v) is 7.46. The first kappa shape index (κ1) is 21.3. The van der Waals surface area contributed by atoms with Gasteiger partial charge in [-0.25, -0.2) is 4.39 Å². The molecule has 0 saturated carbocycles. The molecule has 2 aromatic carbocycles. The van der Waals surface area contributed by atoms with E-state index in [1.807, 2.05) is 43.3 Å². The van der Waals surface area contributed by atoms with Crippen LogP contribution in [0.3, 0.4) is 0 Å². The van der Waals surface area contributed by atoms with Gasteiger partial charge in [0.05, 0.1) is 29.2 Å². The monoisotopic (exact) mass is 434 g/mol. The molecule has 164 valence electrons. The lowest BCUT2D eigenvalue weighted by atomic mass is 10.2. The molecule has 0 fully saturated rings. The molecule has 2 heterocycles. The Morgan fingerprint density at radius 1 is 1.12 bits per heavy atom. The number of nitrogens with zero attached hydrogens (tertiary/aromatic N) is 3. The van der Waals surface area contributed by atoms with Crippen molar-refractivity contribution in [1.82, 2.24) is 14.9 Å². The molecule has 0 aliphatic carbocycles. The molecule has 0 atom stereocenters. The topological polar surface area (TPSA) is 82.2 Å². The highest BCUT2D eigenvalue weighted by atomic mass is 19.1. The van der Waals surface area contributed by atoms with Crippen LogP contribution in [-0.4, -0.2) is 20.8 Å². The van der Waals surface area contributed by atoms with Crippen molar-refractivity contribution < 1.29 is 18.4 Å². The molecule has 0 saturated heterocycles. The number of carbonyl (C=O) groups is 1. The molecule has 2 aromatic heterocycles. The van der Waals surface area contributed by atoms with Crippen LogP contribution in [-0.2, 0) is 13.2 Å². The van der Waals surface area contributed by atoms with E-state index in [9.17, 15) is 9.18 Å². The van der Waals surface area contributed by atoms with Crippen LogP contribution < -0.4 is 10.1 Å². The first-order valence-corrected chi connectivity index (χ1v) is 10.1. The summed E-state index contributed by atoms with van der Waals surface area (Å²) in [4.78, 5) is 13.0. The molecule has 0 aliphatic heterocycles. The summed E-state index contributed by atoms with van der Waals surface area (Å²) in [7, 11) is 0. The van der Waals surface area contributed by atoms with Crippen molar-refractivity contribution in [3.63, 3.8) is 0 Å². The van der Waals surface area contributed by atoms with Gasteiger partial charge in [0.1, 0.15) is 23.9 Å². The van der Waals surface area contributed by atoms with E-state index >= 15 is 0 Å². The molecule has 0 spiro atoms. The number of halogens is 1. The third-order valence-corrected chi connectivity index (χ3v) is 5.17. The molecule has 4 aromatic rings. The van der Waals surface area contributed by atoms with Gasteiger partial charge in [0.15, 0.2) is 5.69 Å².